The standard InChI is InChI=1S/C19H17Br3N4O3/c1-25(8-9-5-3-2-4-6-9)19(29)24-15-11(27)7-10-14(15)23-18(28)16-12(20)13(21)17(22)26(10)16/h2-6,10,14-15H,7-8H2,1H3,(H,23,28)(H,24,29)/t10-,14-,15-/m1/s1. The van der Waals surface area contributed by atoms with E-state index < -0.39 is 12.1 Å². The Kier molecular flexibility index (Phi) is 5.60. The number of nitrogens with one attached hydrogen (secondary N) is 2. The Hall–Kier alpha value is -1.65. The molecule has 152 valence electrons. The van der Waals surface area contributed by atoms with Crippen LogP contribution in [0.1, 0.15) is 28.5 Å². The second-order valence-electron chi connectivity index (χ2n) is 7.14. The Balaban J connectivity index is 1.54. The number of carbonyl (C=O) groups is 3. The van der Waals surface area contributed by atoms with E-state index in [1.54, 1.807) is 7.05 Å². The number of hydrogen-bond donors (Lipinski definition) is 2. The quantitative estimate of drug-likeness (QED) is 0.575. The van der Waals surface area contributed by atoms with Gasteiger partial charge in [0.15, 0.2) is 5.78 Å². The SMILES string of the molecule is CN(Cc1ccccc1)C(=O)N[C@@H]1C(=O)C[C@@H]2[C@H]1NC(=O)c1c(Br)c(Br)c(Br)n12. The van der Waals surface area contributed by atoms with Gasteiger partial charge < -0.3 is 20.1 Å². The number of hydrogen-bond acceptors (Lipinski definition) is 3. The van der Waals surface area contributed by atoms with Crippen LogP contribution in [0, 0.1) is 0 Å². The minimum Gasteiger partial charge on any atom is -0.343 e. The van der Waals surface area contributed by atoms with E-state index in [-0.39, 0.29) is 30.2 Å². The van der Waals surface area contributed by atoms with Crippen molar-refractivity contribution in [3.05, 3.63) is 55.1 Å². The fourth-order valence-electron chi connectivity index (χ4n) is 3.90. The van der Waals surface area contributed by atoms with Crippen molar-refractivity contribution in [2.75, 3.05) is 7.05 Å². The molecule has 2 aliphatic rings. The van der Waals surface area contributed by atoms with Gasteiger partial charge in [-0.1, -0.05) is 30.3 Å². The molecule has 0 spiro atoms. The number of halogens is 3. The largest absolute Gasteiger partial charge is 0.343 e. The molecule has 1 aromatic heterocycles. The Labute approximate surface area is 192 Å². The Morgan fingerprint density at radius 3 is 2.59 bits per heavy atom. The topological polar surface area (TPSA) is 83.4 Å². The molecule has 7 nitrogen and oxygen atoms in total. The predicted molar refractivity (Wildman–Crippen MR) is 118 cm³/mol. The maximum atomic E-state index is 12.7. The fourth-order valence-corrected chi connectivity index (χ4v) is 5.74. The Bertz CT molecular complexity index is 1010. The fraction of sp³-hybridized carbons (Fsp3) is 0.316. The number of urea groups is 1. The van der Waals surface area contributed by atoms with E-state index in [0.717, 1.165) is 5.56 Å². The normalized spacial score (nSPS) is 22.7. The number of rotatable bonds is 3. The number of nitrogens with zero attached hydrogens (tertiary/aromatic N) is 2. The van der Waals surface area contributed by atoms with E-state index in [9.17, 15) is 14.4 Å². The number of Topliss-reactive ketones (excluding diaryl/α,β-unsaturated/α-hetero) is 1. The van der Waals surface area contributed by atoms with E-state index in [1.807, 2.05) is 34.9 Å². The number of ketones is 1. The number of aromatic nitrogens is 1. The molecule has 1 aliphatic heterocycles. The summed E-state index contributed by atoms with van der Waals surface area (Å²) in [6, 6.07) is 7.66. The third-order valence-electron chi connectivity index (χ3n) is 5.30. The van der Waals surface area contributed by atoms with Gasteiger partial charge in [-0.25, -0.2) is 4.79 Å². The molecular formula is C19H17Br3N4O3. The van der Waals surface area contributed by atoms with E-state index in [4.69, 9.17) is 0 Å². The molecule has 3 amide bonds. The maximum absolute atomic E-state index is 12.7. The van der Waals surface area contributed by atoms with Gasteiger partial charge in [0.1, 0.15) is 16.3 Å². The smallest absolute Gasteiger partial charge is 0.318 e. The molecule has 0 bridgehead atoms. The third-order valence-corrected chi connectivity index (χ3v) is 8.68. The minimum absolute atomic E-state index is 0.109. The Morgan fingerprint density at radius 2 is 1.90 bits per heavy atom. The molecule has 1 fully saturated rings. The summed E-state index contributed by atoms with van der Waals surface area (Å²) in [5.74, 6) is -0.404. The number of fused-ring (bicyclic) bond motifs is 3. The van der Waals surface area contributed by atoms with Crippen LogP contribution in [-0.2, 0) is 11.3 Å². The van der Waals surface area contributed by atoms with Gasteiger partial charge in [0.05, 0.1) is 21.0 Å². The molecule has 2 N–H and O–H groups in total. The highest BCUT2D eigenvalue weighted by Gasteiger charge is 2.50. The molecular weight excluding hydrogens is 572 g/mol. The van der Waals surface area contributed by atoms with Crippen molar-refractivity contribution in [2.45, 2.75) is 31.1 Å². The summed E-state index contributed by atoms with van der Waals surface area (Å²) in [7, 11) is 1.67. The molecule has 3 atom stereocenters. The first kappa shape index (κ1) is 20.6. The van der Waals surface area contributed by atoms with Crippen LogP contribution in [0.3, 0.4) is 0 Å². The summed E-state index contributed by atoms with van der Waals surface area (Å²) in [6.07, 6.45) is 0.220. The number of benzene rings is 1. The van der Waals surface area contributed by atoms with Crippen LogP contribution in [-0.4, -0.2) is 46.3 Å². The van der Waals surface area contributed by atoms with Crippen LogP contribution in [0.15, 0.2) is 43.9 Å². The van der Waals surface area contributed by atoms with Crippen LogP contribution in [0.5, 0.6) is 0 Å². The lowest BCUT2D eigenvalue weighted by Crippen LogP contribution is -2.57. The lowest BCUT2D eigenvalue weighted by Gasteiger charge is -2.33. The van der Waals surface area contributed by atoms with Crippen molar-refractivity contribution in [1.29, 1.82) is 0 Å². The van der Waals surface area contributed by atoms with Crippen molar-refractivity contribution in [1.82, 2.24) is 20.1 Å². The first-order valence-electron chi connectivity index (χ1n) is 8.93. The maximum Gasteiger partial charge on any atom is 0.318 e. The number of amides is 3. The zero-order chi connectivity index (χ0) is 20.9. The van der Waals surface area contributed by atoms with Gasteiger partial charge in [-0.15, -0.1) is 0 Å². The van der Waals surface area contributed by atoms with E-state index in [1.165, 1.54) is 4.90 Å². The Morgan fingerprint density at radius 1 is 1.21 bits per heavy atom. The van der Waals surface area contributed by atoms with Crippen molar-refractivity contribution in [3.8, 4) is 0 Å². The molecule has 1 aromatic carbocycles. The summed E-state index contributed by atoms with van der Waals surface area (Å²) in [5, 5.41) is 5.72. The van der Waals surface area contributed by atoms with Crippen LogP contribution >= 0.6 is 47.8 Å². The van der Waals surface area contributed by atoms with E-state index in [2.05, 4.69) is 58.4 Å². The van der Waals surface area contributed by atoms with Crippen LogP contribution in [0.4, 0.5) is 4.79 Å². The summed E-state index contributed by atoms with van der Waals surface area (Å²) in [5.41, 5.74) is 1.44. The minimum atomic E-state index is -0.783. The van der Waals surface area contributed by atoms with Crippen molar-refractivity contribution >= 4 is 65.5 Å². The van der Waals surface area contributed by atoms with Crippen molar-refractivity contribution in [2.24, 2.45) is 0 Å². The highest BCUT2D eigenvalue weighted by Crippen LogP contribution is 2.44. The average molecular weight is 589 g/mol. The highest BCUT2D eigenvalue weighted by atomic mass is 79.9. The molecule has 0 saturated heterocycles. The zero-order valence-corrected chi connectivity index (χ0v) is 20.0. The molecule has 4 rings (SSSR count). The van der Waals surface area contributed by atoms with Gasteiger partial charge in [-0.2, -0.15) is 0 Å². The summed E-state index contributed by atoms with van der Waals surface area (Å²) in [6.45, 7) is 0.418. The molecule has 1 saturated carbocycles. The third kappa shape index (κ3) is 3.55. The molecule has 0 radical (unpaired) electrons. The molecule has 2 aromatic rings. The zero-order valence-electron chi connectivity index (χ0n) is 15.3. The summed E-state index contributed by atoms with van der Waals surface area (Å²) in [4.78, 5) is 39.6. The van der Waals surface area contributed by atoms with Crippen LogP contribution < -0.4 is 10.6 Å². The van der Waals surface area contributed by atoms with Gasteiger partial charge >= 0.3 is 6.03 Å². The molecule has 1 aliphatic carbocycles. The summed E-state index contributed by atoms with van der Waals surface area (Å²) >= 11 is 10.4. The van der Waals surface area contributed by atoms with Crippen molar-refractivity contribution in [3.63, 3.8) is 0 Å². The average Bonchev–Trinajstić information content (AvgIpc) is 3.12. The lowest BCUT2D eigenvalue weighted by atomic mass is 10.1. The second-order valence-corrected chi connectivity index (χ2v) is 9.48. The molecule has 10 heteroatoms. The molecule has 2 heterocycles. The van der Waals surface area contributed by atoms with E-state index >= 15 is 0 Å². The van der Waals surface area contributed by atoms with Gasteiger partial charge in [0.25, 0.3) is 5.91 Å². The monoisotopic (exact) mass is 586 g/mol. The first-order chi connectivity index (χ1) is 13.8. The molecule has 29 heavy (non-hydrogen) atoms. The van der Waals surface area contributed by atoms with Crippen molar-refractivity contribution < 1.29 is 14.4 Å². The van der Waals surface area contributed by atoms with Gasteiger partial charge in [0.2, 0.25) is 0 Å². The van der Waals surface area contributed by atoms with Gasteiger partial charge in [-0.3, -0.25) is 9.59 Å². The molecule has 0 unspecified atom stereocenters. The van der Waals surface area contributed by atoms with Gasteiger partial charge in [-0.05, 0) is 53.4 Å². The second kappa shape index (κ2) is 7.88. The summed E-state index contributed by atoms with van der Waals surface area (Å²) < 4.78 is 3.84. The first-order valence-corrected chi connectivity index (χ1v) is 11.3. The van der Waals surface area contributed by atoms with E-state index in [0.29, 0.717) is 25.8 Å². The van der Waals surface area contributed by atoms with Crippen LogP contribution in [0.2, 0.25) is 0 Å². The highest BCUT2D eigenvalue weighted by molar-refractivity contribution is 9.14. The lowest BCUT2D eigenvalue weighted by molar-refractivity contribution is -0.119. The van der Waals surface area contributed by atoms with Gasteiger partial charge in [0, 0.05) is 20.0 Å². The van der Waals surface area contributed by atoms with Crippen LogP contribution in [0.25, 0.3) is 0 Å². The number of carbonyl (C=O) groups excluding carboxylic acids is 3. The predicted octanol–water partition coefficient (Wildman–Crippen LogP) is 3.61.